The zero-order chi connectivity index (χ0) is 26.0. The van der Waals surface area contributed by atoms with E-state index in [-0.39, 0.29) is 33.4 Å². The first kappa shape index (κ1) is 27.7. The van der Waals surface area contributed by atoms with Crippen molar-refractivity contribution < 1.29 is 27.8 Å². The van der Waals surface area contributed by atoms with Gasteiger partial charge in [-0.3, -0.25) is 0 Å². The van der Waals surface area contributed by atoms with Crippen molar-refractivity contribution in [3.63, 3.8) is 0 Å². The van der Waals surface area contributed by atoms with Gasteiger partial charge in [0.2, 0.25) is 0 Å². The van der Waals surface area contributed by atoms with E-state index in [1.54, 1.807) is 13.8 Å². The Morgan fingerprint density at radius 1 is 1.35 bits per heavy atom. The second-order valence-corrected chi connectivity index (χ2v) is 11.6. The minimum absolute atomic E-state index is 0.0487. The van der Waals surface area contributed by atoms with Crippen molar-refractivity contribution in [1.29, 1.82) is 5.26 Å². The molecule has 34 heavy (non-hydrogen) atoms. The number of carbonyl (C=O) groups excluding carboxylic acids is 1. The third-order valence-electron chi connectivity index (χ3n) is 5.22. The van der Waals surface area contributed by atoms with E-state index in [2.05, 4.69) is 10.3 Å². The number of aliphatic hydroxyl groups is 2. The van der Waals surface area contributed by atoms with Gasteiger partial charge in [-0.2, -0.15) is 5.26 Å². The molecule has 186 valence electrons. The van der Waals surface area contributed by atoms with Gasteiger partial charge in [0.15, 0.2) is 4.21 Å². The van der Waals surface area contributed by atoms with Gasteiger partial charge in [-0.1, -0.05) is 27.7 Å². The molecule has 0 fully saturated rings. The van der Waals surface area contributed by atoms with Crippen LogP contribution in [0.1, 0.15) is 87.2 Å². The summed E-state index contributed by atoms with van der Waals surface area (Å²) < 4.78 is 42.3. The largest absolute Gasteiger partial charge is 0.390 e. The highest BCUT2D eigenvalue weighted by Gasteiger charge is 2.31. The number of sulfonamides is 1. The summed E-state index contributed by atoms with van der Waals surface area (Å²) in [4.78, 5) is 16.8. The van der Waals surface area contributed by atoms with Gasteiger partial charge in [0.05, 0.1) is 23.6 Å². The standard InChI is InChI=1S/C22H29FN4O5S2/c1-7-12(4)14-8-13(9-24)17(23)16(11(2)3)18(14)26-21(29)27-34(31,32)19-15(10-28)25-20(33-19)22(5,6)30/h8,11-12,28,30H,7,10H2,1-6H3,(H2,26,27,29). The average Bonchev–Trinajstić information content (AvgIpc) is 3.19. The van der Waals surface area contributed by atoms with Crippen LogP contribution in [0.3, 0.4) is 0 Å². The van der Waals surface area contributed by atoms with Gasteiger partial charge in [0.1, 0.15) is 22.5 Å². The highest BCUT2D eigenvalue weighted by molar-refractivity contribution is 7.92. The fraction of sp³-hybridized carbons (Fsp3) is 0.500. The minimum Gasteiger partial charge on any atom is -0.390 e. The molecule has 1 unspecified atom stereocenters. The molecule has 0 aliphatic rings. The number of hydrogen-bond acceptors (Lipinski definition) is 8. The summed E-state index contributed by atoms with van der Waals surface area (Å²) in [6.45, 7) is 9.23. The van der Waals surface area contributed by atoms with E-state index in [1.807, 2.05) is 24.6 Å². The Kier molecular flexibility index (Phi) is 8.42. The fourth-order valence-electron chi connectivity index (χ4n) is 3.29. The predicted molar refractivity (Wildman–Crippen MR) is 127 cm³/mol. The van der Waals surface area contributed by atoms with Gasteiger partial charge < -0.3 is 15.5 Å². The smallest absolute Gasteiger partial charge is 0.333 e. The Morgan fingerprint density at radius 2 is 1.97 bits per heavy atom. The normalized spacial score (nSPS) is 13.0. The van der Waals surface area contributed by atoms with E-state index in [0.717, 1.165) is 0 Å². The van der Waals surface area contributed by atoms with Crippen LogP contribution in [0.5, 0.6) is 0 Å². The molecule has 2 aromatic rings. The van der Waals surface area contributed by atoms with Gasteiger partial charge in [-0.15, -0.1) is 11.3 Å². The number of amides is 2. The monoisotopic (exact) mass is 512 g/mol. The number of nitrogens with zero attached hydrogens (tertiary/aromatic N) is 2. The third kappa shape index (κ3) is 5.72. The molecule has 0 spiro atoms. The number of benzene rings is 1. The van der Waals surface area contributed by atoms with Crippen molar-refractivity contribution in [2.45, 2.75) is 76.2 Å². The SMILES string of the molecule is CCC(C)c1cc(C#N)c(F)c(C(C)C)c1NC(=O)NS(=O)(=O)c1sc(C(C)(C)O)nc1CO. The first-order chi connectivity index (χ1) is 15.7. The molecule has 0 saturated carbocycles. The van der Waals surface area contributed by atoms with Crippen LogP contribution in [-0.2, 0) is 22.2 Å². The number of nitrogens with one attached hydrogen (secondary N) is 2. The van der Waals surface area contributed by atoms with Crippen molar-refractivity contribution in [1.82, 2.24) is 9.71 Å². The summed E-state index contributed by atoms with van der Waals surface area (Å²) in [5.74, 6) is -1.35. The summed E-state index contributed by atoms with van der Waals surface area (Å²) in [6.07, 6.45) is 0.628. The third-order valence-corrected chi connectivity index (χ3v) is 8.51. The molecule has 9 nitrogen and oxygen atoms in total. The lowest BCUT2D eigenvalue weighted by atomic mass is 9.88. The number of urea groups is 1. The molecule has 0 radical (unpaired) electrons. The molecule has 0 saturated heterocycles. The number of hydrogen-bond donors (Lipinski definition) is 4. The predicted octanol–water partition coefficient (Wildman–Crippen LogP) is 4.02. The number of anilines is 1. The van der Waals surface area contributed by atoms with Crippen LogP contribution in [-0.4, -0.2) is 29.6 Å². The van der Waals surface area contributed by atoms with Gasteiger partial charge in [-0.25, -0.2) is 27.3 Å². The molecular weight excluding hydrogens is 483 g/mol. The molecule has 1 aromatic carbocycles. The zero-order valence-corrected chi connectivity index (χ0v) is 21.5. The maximum atomic E-state index is 15.0. The molecule has 0 bridgehead atoms. The first-order valence-corrected chi connectivity index (χ1v) is 12.9. The van der Waals surface area contributed by atoms with E-state index in [0.29, 0.717) is 23.3 Å². The molecule has 1 atom stereocenters. The second kappa shape index (κ2) is 10.4. The number of carbonyl (C=O) groups is 1. The molecule has 0 aliphatic carbocycles. The Bertz CT molecular complexity index is 1230. The summed E-state index contributed by atoms with van der Waals surface area (Å²) in [5.41, 5.74) is -1.11. The number of rotatable bonds is 8. The van der Waals surface area contributed by atoms with E-state index in [1.165, 1.54) is 19.9 Å². The summed E-state index contributed by atoms with van der Waals surface area (Å²) in [5, 5.41) is 31.5. The Hall–Kier alpha value is -2.59. The summed E-state index contributed by atoms with van der Waals surface area (Å²) >= 11 is 0.626. The lowest BCUT2D eigenvalue weighted by Crippen LogP contribution is -2.35. The average molecular weight is 513 g/mol. The van der Waals surface area contributed by atoms with Crippen molar-refractivity contribution in [2.75, 3.05) is 5.32 Å². The molecule has 1 aromatic heterocycles. The summed E-state index contributed by atoms with van der Waals surface area (Å²) in [7, 11) is -4.48. The van der Waals surface area contributed by atoms with Crippen molar-refractivity contribution >= 4 is 33.1 Å². The van der Waals surface area contributed by atoms with Crippen LogP contribution >= 0.6 is 11.3 Å². The molecule has 4 N–H and O–H groups in total. The fourth-order valence-corrected chi connectivity index (χ4v) is 5.71. The molecule has 1 heterocycles. The van der Waals surface area contributed by atoms with Gasteiger partial charge in [0.25, 0.3) is 10.0 Å². The maximum Gasteiger partial charge on any atom is 0.333 e. The van der Waals surface area contributed by atoms with Crippen molar-refractivity contribution in [2.24, 2.45) is 0 Å². The lowest BCUT2D eigenvalue weighted by Gasteiger charge is -2.23. The summed E-state index contributed by atoms with van der Waals surface area (Å²) in [6, 6.07) is 2.05. The van der Waals surface area contributed by atoms with Crippen LogP contribution in [0.4, 0.5) is 14.9 Å². The zero-order valence-electron chi connectivity index (χ0n) is 19.9. The van der Waals surface area contributed by atoms with Crippen LogP contribution in [0, 0.1) is 17.1 Å². The lowest BCUT2D eigenvalue weighted by molar-refractivity contribution is 0.0779. The first-order valence-electron chi connectivity index (χ1n) is 10.6. The maximum absolute atomic E-state index is 15.0. The molecule has 12 heteroatoms. The minimum atomic E-state index is -4.48. The van der Waals surface area contributed by atoms with E-state index in [9.17, 15) is 28.7 Å². The molecule has 2 rings (SSSR count). The van der Waals surface area contributed by atoms with Crippen molar-refractivity contribution in [3.8, 4) is 6.07 Å². The van der Waals surface area contributed by atoms with Crippen LogP contribution in [0.25, 0.3) is 0 Å². The van der Waals surface area contributed by atoms with Crippen molar-refractivity contribution in [3.05, 3.63) is 39.3 Å². The highest BCUT2D eigenvalue weighted by Crippen LogP contribution is 2.37. The Balaban J connectivity index is 2.52. The Labute approximate surface area is 202 Å². The molecular formula is C22H29FN4O5S2. The van der Waals surface area contributed by atoms with Gasteiger partial charge in [-0.05, 0) is 43.7 Å². The topological polar surface area (TPSA) is 152 Å². The number of aliphatic hydroxyl groups excluding tert-OH is 1. The van der Waals surface area contributed by atoms with Crippen LogP contribution in [0.2, 0.25) is 0 Å². The van der Waals surface area contributed by atoms with E-state index in [4.69, 9.17) is 0 Å². The second-order valence-electron chi connectivity index (χ2n) is 8.72. The quantitative estimate of drug-likeness (QED) is 0.417. The van der Waals surface area contributed by atoms with Gasteiger partial charge in [0, 0.05) is 5.56 Å². The highest BCUT2D eigenvalue weighted by atomic mass is 32.2. The molecule has 2 amide bonds. The van der Waals surface area contributed by atoms with Crippen LogP contribution in [0.15, 0.2) is 10.3 Å². The number of thiazole rings is 1. The molecule has 0 aliphatic heterocycles. The number of aromatic nitrogens is 1. The van der Waals surface area contributed by atoms with E-state index >= 15 is 4.39 Å². The number of halogens is 1. The van der Waals surface area contributed by atoms with Gasteiger partial charge >= 0.3 is 6.03 Å². The Morgan fingerprint density at radius 3 is 2.44 bits per heavy atom. The van der Waals surface area contributed by atoms with E-state index < -0.39 is 44.2 Å². The number of nitriles is 1. The van der Waals surface area contributed by atoms with Crippen LogP contribution < -0.4 is 10.0 Å².